The Morgan fingerprint density at radius 1 is 0.980 bits per heavy atom. The number of carbonyl (C=O) groups is 2. The molecule has 0 spiro atoms. The minimum atomic E-state index is -4.59. The number of nitro groups is 1. The second kappa shape index (κ2) is 16.6. The summed E-state index contributed by atoms with van der Waals surface area (Å²) in [6, 6.07) is 22.5. The monoisotopic (exact) mass is 752 g/mol. The lowest BCUT2D eigenvalue weighted by atomic mass is 10.0. The molecule has 0 radical (unpaired) electrons. The van der Waals surface area contributed by atoms with Gasteiger partial charge in [0, 0.05) is 40.7 Å². The number of ether oxygens (including phenoxy) is 1. The Kier molecular flexibility index (Phi) is 12.2. The predicted molar refractivity (Wildman–Crippen MR) is 197 cm³/mol. The van der Waals surface area contributed by atoms with Gasteiger partial charge < -0.3 is 15.0 Å². The van der Waals surface area contributed by atoms with E-state index in [1.54, 1.807) is 24.3 Å². The summed E-state index contributed by atoms with van der Waals surface area (Å²) in [4.78, 5) is 41.0. The van der Waals surface area contributed by atoms with Crippen LogP contribution in [-0.4, -0.2) is 55.8 Å². The van der Waals surface area contributed by atoms with Gasteiger partial charge in [-0.25, -0.2) is 8.42 Å². The number of anilines is 1. The molecule has 0 aromatic heterocycles. The molecule has 14 heteroatoms. The van der Waals surface area contributed by atoms with Gasteiger partial charge in [0.25, 0.3) is 15.7 Å². The third kappa shape index (κ3) is 9.18. The summed E-state index contributed by atoms with van der Waals surface area (Å²) in [7, 11) is -3.13. The molecule has 1 aliphatic rings. The number of halogens is 2. The molecule has 268 valence electrons. The van der Waals surface area contributed by atoms with E-state index in [1.165, 1.54) is 49.3 Å². The molecule has 1 aliphatic carbocycles. The highest BCUT2D eigenvalue weighted by atomic mass is 35.5. The van der Waals surface area contributed by atoms with E-state index >= 15 is 0 Å². The molecule has 0 saturated heterocycles. The molecular weight excluding hydrogens is 715 g/mol. The van der Waals surface area contributed by atoms with Crippen molar-refractivity contribution >= 4 is 56.4 Å². The zero-order chi connectivity index (χ0) is 36.7. The molecule has 2 amide bonds. The van der Waals surface area contributed by atoms with E-state index in [0.717, 1.165) is 41.6 Å². The number of nitrogens with one attached hydrogen (secondary N) is 1. The number of rotatable bonds is 14. The lowest BCUT2D eigenvalue weighted by Gasteiger charge is -2.34. The van der Waals surface area contributed by atoms with Crippen LogP contribution in [0.1, 0.15) is 42.4 Å². The normalized spacial score (nSPS) is 13.7. The number of hydrogen-bond donors (Lipinski definition) is 1. The van der Waals surface area contributed by atoms with E-state index in [4.69, 9.17) is 27.9 Å². The highest BCUT2D eigenvalue weighted by Gasteiger charge is 2.36. The van der Waals surface area contributed by atoms with Crippen molar-refractivity contribution in [3.63, 3.8) is 0 Å². The van der Waals surface area contributed by atoms with Crippen LogP contribution in [0.5, 0.6) is 5.75 Å². The minimum Gasteiger partial charge on any atom is -0.497 e. The molecule has 0 bridgehead atoms. The van der Waals surface area contributed by atoms with E-state index in [2.05, 4.69) is 5.32 Å². The Labute approximate surface area is 307 Å². The fourth-order valence-corrected chi connectivity index (χ4v) is 8.01. The summed E-state index contributed by atoms with van der Waals surface area (Å²) in [6.07, 6.45) is 3.71. The number of nitrogens with zero attached hydrogens (tertiary/aromatic N) is 3. The second-order valence-corrected chi connectivity index (χ2v) is 15.1. The van der Waals surface area contributed by atoms with Crippen LogP contribution in [-0.2, 0) is 32.6 Å². The highest BCUT2D eigenvalue weighted by molar-refractivity contribution is 7.92. The van der Waals surface area contributed by atoms with Crippen LogP contribution in [0.4, 0.5) is 11.4 Å². The summed E-state index contributed by atoms with van der Waals surface area (Å²) in [5, 5.41) is 15.5. The van der Waals surface area contributed by atoms with Gasteiger partial charge >= 0.3 is 0 Å². The van der Waals surface area contributed by atoms with Crippen LogP contribution in [0.25, 0.3) is 0 Å². The Balaban J connectivity index is 1.61. The molecule has 1 atom stereocenters. The largest absolute Gasteiger partial charge is 0.497 e. The van der Waals surface area contributed by atoms with Gasteiger partial charge in [-0.05, 0) is 73.4 Å². The van der Waals surface area contributed by atoms with E-state index in [0.29, 0.717) is 16.3 Å². The Morgan fingerprint density at radius 3 is 2.29 bits per heavy atom. The highest BCUT2D eigenvalue weighted by Crippen LogP contribution is 2.31. The van der Waals surface area contributed by atoms with Crippen molar-refractivity contribution in [3.8, 4) is 5.75 Å². The van der Waals surface area contributed by atoms with Crippen LogP contribution in [0.2, 0.25) is 10.0 Å². The zero-order valence-corrected chi connectivity index (χ0v) is 30.5. The molecule has 11 nitrogen and oxygen atoms in total. The molecule has 5 rings (SSSR count). The van der Waals surface area contributed by atoms with Gasteiger partial charge in [-0.15, -0.1) is 0 Å². The smallest absolute Gasteiger partial charge is 0.273 e. The third-order valence-electron chi connectivity index (χ3n) is 8.93. The molecule has 0 heterocycles. The Morgan fingerprint density at radius 2 is 1.67 bits per heavy atom. The molecule has 0 aliphatic heterocycles. The van der Waals surface area contributed by atoms with Crippen molar-refractivity contribution in [2.45, 2.75) is 62.6 Å². The van der Waals surface area contributed by atoms with E-state index in [9.17, 15) is 28.1 Å². The number of amides is 2. The van der Waals surface area contributed by atoms with Gasteiger partial charge in [0.05, 0.1) is 22.6 Å². The number of carbonyl (C=O) groups excluding carboxylic acids is 2. The quantitative estimate of drug-likeness (QED) is 0.107. The topological polar surface area (TPSA) is 139 Å². The molecule has 51 heavy (non-hydrogen) atoms. The van der Waals surface area contributed by atoms with Gasteiger partial charge in [0.2, 0.25) is 11.8 Å². The third-order valence-corrected chi connectivity index (χ3v) is 11.3. The average molecular weight is 754 g/mol. The molecule has 4 aromatic carbocycles. The molecular formula is C37H38Cl2N4O7S. The van der Waals surface area contributed by atoms with Gasteiger partial charge in [-0.1, -0.05) is 78.5 Å². The van der Waals surface area contributed by atoms with Crippen LogP contribution in [0.15, 0.2) is 95.9 Å². The number of nitro benzene ring substituents is 1. The number of hydrogen-bond acceptors (Lipinski definition) is 7. The van der Waals surface area contributed by atoms with Gasteiger partial charge in [-0.2, -0.15) is 0 Å². The number of methoxy groups -OCH3 is 1. The summed E-state index contributed by atoms with van der Waals surface area (Å²) >= 11 is 12.8. The van der Waals surface area contributed by atoms with E-state index < -0.39 is 33.4 Å². The van der Waals surface area contributed by atoms with E-state index in [-0.39, 0.29) is 51.8 Å². The summed E-state index contributed by atoms with van der Waals surface area (Å²) in [5.41, 5.74) is 1.27. The molecule has 1 saturated carbocycles. The van der Waals surface area contributed by atoms with Crippen LogP contribution < -0.4 is 14.4 Å². The maximum Gasteiger partial charge on any atom is 0.273 e. The minimum absolute atomic E-state index is 0.0552. The van der Waals surface area contributed by atoms with Crippen molar-refractivity contribution in [1.29, 1.82) is 0 Å². The molecule has 1 fully saturated rings. The first-order valence-electron chi connectivity index (χ1n) is 16.4. The molecule has 0 unspecified atom stereocenters. The first-order valence-corrected chi connectivity index (χ1v) is 18.6. The van der Waals surface area contributed by atoms with Gasteiger partial charge in [0.15, 0.2) is 0 Å². The standard InChI is InChI=1S/C37H38Cl2N4O7S/c1-25-12-19-32(22-34(25)43(46)47)51(48,49)42(30-15-17-31(50-2)18-16-30)24-36(44)41(23-27-13-14-28(38)21-33(27)39)35(20-26-8-4-3-5-9-26)37(45)40-29-10-6-7-11-29/h3-5,8-9,12-19,21-22,29,35H,6-7,10-11,20,23-24H2,1-2H3,(H,40,45)/t35-/m1/s1. The SMILES string of the molecule is COc1ccc(N(CC(=O)N(Cc2ccc(Cl)cc2Cl)[C@H](Cc2ccccc2)C(=O)NC2CCCC2)S(=O)(=O)c2ccc(C)c([N+](=O)[O-])c2)cc1. The van der Waals surface area contributed by atoms with Crippen molar-refractivity contribution in [2.75, 3.05) is 18.0 Å². The van der Waals surface area contributed by atoms with Crippen molar-refractivity contribution in [1.82, 2.24) is 10.2 Å². The zero-order valence-electron chi connectivity index (χ0n) is 28.1. The summed E-state index contributed by atoms with van der Waals surface area (Å²) in [5.74, 6) is -0.638. The van der Waals surface area contributed by atoms with E-state index in [1.807, 2.05) is 30.3 Å². The Bertz CT molecular complexity index is 1990. The number of benzene rings is 4. The average Bonchev–Trinajstić information content (AvgIpc) is 3.63. The maximum absolute atomic E-state index is 14.8. The lowest BCUT2D eigenvalue weighted by molar-refractivity contribution is -0.385. The maximum atomic E-state index is 14.8. The molecule has 1 N–H and O–H groups in total. The first-order chi connectivity index (χ1) is 24.4. The van der Waals surface area contributed by atoms with Crippen LogP contribution in [0, 0.1) is 17.0 Å². The molecule has 4 aromatic rings. The number of aryl methyl sites for hydroxylation is 1. The summed E-state index contributed by atoms with van der Waals surface area (Å²) < 4.78 is 34.9. The van der Waals surface area contributed by atoms with Crippen molar-refractivity contribution in [2.24, 2.45) is 0 Å². The van der Waals surface area contributed by atoms with Crippen LogP contribution >= 0.6 is 23.2 Å². The number of sulfonamides is 1. The van der Waals surface area contributed by atoms with Crippen molar-refractivity contribution < 1.29 is 27.7 Å². The van der Waals surface area contributed by atoms with Gasteiger partial charge in [0.1, 0.15) is 18.3 Å². The fraction of sp³-hybridized carbons (Fsp3) is 0.297. The fourth-order valence-electron chi connectivity index (χ4n) is 6.11. The van der Waals surface area contributed by atoms with Crippen LogP contribution in [0.3, 0.4) is 0 Å². The van der Waals surface area contributed by atoms with Gasteiger partial charge in [-0.3, -0.25) is 24.0 Å². The Hall–Kier alpha value is -4.65. The van der Waals surface area contributed by atoms with Crippen molar-refractivity contribution in [3.05, 3.63) is 128 Å². The lowest BCUT2D eigenvalue weighted by Crippen LogP contribution is -2.54. The second-order valence-electron chi connectivity index (χ2n) is 12.4. The summed E-state index contributed by atoms with van der Waals surface area (Å²) in [6.45, 7) is 0.614. The first kappa shape index (κ1) is 37.6. The predicted octanol–water partition coefficient (Wildman–Crippen LogP) is 7.11.